The van der Waals surface area contributed by atoms with E-state index in [1.54, 1.807) is 41.4 Å². The van der Waals surface area contributed by atoms with Gasteiger partial charge in [0, 0.05) is 66.1 Å². The van der Waals surface area contributed by atoms with Crippen LogP contribution in [0.1, 0.15) is 78.1 Å². The molecule has 0 aliphatic heterocycles. The lowest BCUT2D eigenvalue weighted by atomic mass is 10.0. The molecule has 56 heavy (non-hydrogen) atoms. The Balaban J connectivity index is 0.961. The zero-order chi connectivity index (χ0) is 39.1. The molecule has 0 bridgehead atoms. The van der Waals surface area contributed by atoms with Crippen molar-refractivity contribution in [2.24, 2.45) is 12.5 Å². The van der Waals surface area contributed by atoms with Crippen LogP contribution in [0.2, 0.25) is 0 Å². The fraction of sp³-hybridized carbons (Fsp3) is 0.256. The van der Waals surface area contributed by atoms with Gasteiger partial charge in [0.25, 0.3) is 11.5 Å². The van der Waals surface area contributed by atoms with Crippen molar-refractivity contribution in [3.8, 4) is 11.8 Å². The lowest BCUT2D eigenvalue weighted by molar-refractivity contribution is -0.144. The molecule has 2 aromatic carbocycles. The van der Waals surface area contributed by atoms with Gasteiger partial charge in [-0.15, -0.1) is 0 Å². The van der Waals surface area contributed by atoms with Gasteiger partial charge in [0.05, 0.1) is 40.4 Å². The molecule has 1 aliphatic carbocycles. The molecule has 2 N–H and O–H groups in total. The van der Waals surface area contributed by atoms with E-state index in [-0.39, 0.29) is 24.9 Å². The molecule has 0 spiro atoms. The van der Waals surface area contributed by atoms with Gasteiger partial charge in [-0.3, -0.25) is 19.0 Å². The van der Waals surface area contributed by atoms with Gasteiger partial charge in [0.15, 0.2) is 5.65 Å². The predicted molar refractivity (Wildman–Crippen MR) is 211 cm³/mol. The number of fused-ring (bicyclic) bond motifs is 3. The predicted octanol–water partition coefficient (Wildman–Crippen LogP) is 5.56. The Morgan fingerprint density at radius 2 is 1.88 bits per heavy atom. The number of aliphatic hydroxyl groups excluding tert-OH is 1. The van der Waals surface area contributed by atoms with Crippen LogP contribution in [0, 0.1) is 17.3 Å². The van der Waals surface area contributed by atoms with Crippen LogP contribution in [0.3, 0.4) is 0 Å². The van der Waals surface area contributed by atoms with E-state index in [4.69, 9.17) is 4.74 Å². The SMILES string of the molecule is C=C(N[C@@H](C)c1cc2cccc(C#Cc3cnn(C(=O)C4(COC(=O)CCc5cn(C)c6ccccc56)CC4)c3)c2c(=O)n1C(C)O)c1cnn2cccnc12. The normalized spacial score (nSPS) is 14.3. The summed E-state index contributed by atoms with van der Waals surface area (Å²) in [6.45, 7) is 7.60. The van der Waals surface area contributed by atoms with Crippen LogP contribution in [0.25, 0.3) is 33.0 Å². The highest BCUT2D eigenvalue weighted by Crippen LogP contribution is 2.47. The van der Waals surface area contributed by atoms with Crippen molar-refractivity contribution >= 4 is 44.9 Å². The number of pyridine rings is 1. The van der Waals surface area contributed by atoms with E-state index < -0.39 is 23.2 Å². The Labute approximate surface area is 321 Å². The number of nitrogens with one attached hydrogen (secondary N) is 1. The lowest BCUT2D eigenvalue weighted by Crippen LogP contribution is -2.31. The number of aromatic nitrogens is 7. The highest BCUT2D eigenvalue weighted by Gasteiger charge is 2.52. The molecule has 5 aromatic heterocycles. The monoisotopic (exact) mass is 748 g/mol. The number of aryl methyl sites for hydroxylation is 2. The first-order valence-corrected chi connectivity index (χ1v) is 18.4. The van der Waals surface area contributed by atoms with Gasteiger partial charge in [-0.2, -0.15) is 10.2 Å². The third-order valence-electron chi connectivity index (χ3n) is 10.5. The third kappa shape index (κ3) is 6.75. The highest BCUT2D eigenvalue weighted by molar-refractivity contribution is 5.89. The number of carbonyl (C=O) groups is 2. The number of ether oxygens (including phenoxy) is 1. The smallest absolute Gasteiger partial charge is 0.306 e. The minimum absolute atomic E-state index is 0.00518. The number of aliphatic hydroxyl groups is 1. The molecule has 0 saturated heterocycles. The number of benzene rings is 2. The highest BCUT2D eigenvalue weighted by atomic mass is 16.5. The molecule has 13 nitrogen and oxygen atoms in total. The molecule has 1 unspecified atom stereocenters. The van der Waals surface area contributed by atoms with Gasteiger partial charge in [-0.1, -0.05) is 48.8 Å². The fourth-order valence-electron chi connectivity index (χ4n) is 7.28. The lowest BCUT2D eigenvalue weighted by Gasteiger charge is -2.24. The summed E-state index contributed by atoms with van der Waals surface area (Å²) >= 11 is 0. The summed E-state index contributed by atoms with van der Waals surface area (Å²) in [4.78, 5) is 44.7. The Morgan fingerprint density at radius 3 is 2.68 bits per heavy atom. The van der Waals surface area contributed by atoms with Crippen molar-refractivity contribution in [1.82, 2.24) is 38.8 Å². The summed E-state index contributed by atoms with van der Waals surface area (Å²) in [7, 11) is 1.98. The molecular formula is C43H40N8O5. The number of rotatable bonds is 11. The quantitative estimate of drug-likeness (QED) is 0.128. The summed E-state index contributed by atoms with van der Waals surface area (Å²) in [6.07, 6.45) is 11.0. The number of esters is 1. The number of hydrogen-bond acceptors (Lipinski definition) is 9. The molecular weight excluding hydrogens is 709 g/mol. The molecule has 0 amide bonds. The van der Waals surface area contributed by atoms with Crippen LogP contribution in [0.4, 0.5) is 0 Å². The van der Waals surface area contributed by atoms with Gasteiger partial charge in [-0.25, -0.2) is 14.2 Å². The van der Waals surface area contributed by atoms with Gasteiger partial charge >= 0.3 is 5.97 Å². The maximum Gasteiger partial charge on any atom is 0.306 e. The number of hydrogen-bond donors (Lipinski definition) is 2. The molecule has 8 rings (SSSR count). The van der Waals surface area contributed by atoms with Crippen LogP contribution in [0.5, 0.6) is 0 Å². The van der Waals surface area contributed by atoms with Crippen LogP contribution in [-0.4, -0.2) is 57.1 Å². The molecule has 1 fully saturated rings. The summed E-state index contributed by atoms with van der Waals surface area (Å²) in [5.74, 6) is 5.53. The zero-order valence-corrected chi connectivity index (χ0v) is 31.3. The van der Waals surface area contributed by atoms with E-state index in [1.807, 2.05) is 67.2 Å². The van der Waals surface area contributed by atoms with E-state index in [1.165, 1.54) is 22.4 Å². The zero-order valence-electron chi connectivity index (χ0n) is 31.3. The van der Waals surface area contributed by atoms with Crippen molar-refractivity contribution in [1.29, 1.82) is 0 Å². The topological polar surface area (TPSA) is 151 Å². The van der Waals surface area contributed by atoms with E-state index in [0.717, 1.165) is 16.5 Å². The summed E-state index contributed by atoms with van der Waals surface area (Å²) in [6, 6.07) is 16.7. The number of carbonyl (C=O) groups excluding carboxylic acids is 2. The summed E-state index contributed by atoms with van der Waals surface area (Å²) in [5.41, 5.74) is 4.38. The number of para-hydroxylation sites is 1. The minimum Gasteiger partial charge on any atom is -0.465 e. The Bertz CT molecular complexity index is 2810. The standard InChI is InChI=1S/C43H40N8O5/c1-27(35-23-46-49-20-8-19-44-40(35)49)47-28(2)37-21-32-10-7-9-31(39(32)41(54)51(37)29(3)52)14-13-30-22-45-50(24-30)42(55)43(17-18-43)26-56-38(53)16-15-33-25-48(4)36-12-6-5-11-34(33)36/h5-12,19-25,28-29,47,52H,1,15-18,26H2,2-4H3/t28-,29?/m0/s1. The third-order valence-corrected chi connectivity index (χ3v) is 10.5. The van der Waals surface area contributed by atoms with Gasteiger partial charge in [0.1, 0.15) is 12.8 Å². The molecule has 2 atom stereocenters. The van der Waals surface area contributed by atoms with Crippen LogP contribution in [-0.2, 0) is 23.0 Å². The van der Waals surface area contributed by atoms with Crippen molar-refractivity contribution in [2.75, 3.05) is 6.61 Å². The van der Waals surface area contributed by atoms with Crippen molar-refractivity contribution in [2.45, 2.75) is 51.8 Å². The fourth-order valence-corrected chi connectivity index (χ4v) is 7.28. The van der Waals surface area contributed by atoms with Gasteiger partial charge in [-0.05, 0) is 68.3 Å². The van der Waals surface area contributed by atoms with Crippen molar-refractivity contribution < 1.29 is 19.4 Å². The van der Waals surface area contributed by atoms with E-state index in [2.05, 4.69) is 38.9 Å². The molecule has 282 valence electrons. The molecule has 5 heterocycles. The van der Waals surface area contributed by atoms with E-state index >= 15 is 0 Å². The average molecular weight is 749 g/mol. The number of nitrogens with zero attached hydrogens (tertiary/aromatic N) is 7. The maximum atomic E-state index is 14.1. The second kappa shape index (κ2) is 14.5. The van der Waals surface area contributed by atoms with Crippen molar-refractivity contribution in [3.05, 3.63) is 137 Å². The largest absolute Gasteiger partial charge is 0.465 e. The molecule has 1 saturated carbocycles. The molecule has 1 aliphatic rings. The first-order chi connectivity index (χ1) is 27.0. The van der Waals surface area contributed by atoms with Crippen LogP contribution >= 0.6 is 0 Å². The minimum atomic E-state index is -1.14. The van der Waals surface area contributed by atoms with E-state index in [0.29, 0.717) is 63.8 Å². The van der Waals surface area contributed by atoms with Crippen LogP contribution < -0.4 is 10.9 Å². The van der Waals surface area contributed by atoms with Gasteiger partial charge < -0.3 is 19.7 Å². The first kappa shape index (κ1) is 36.2. The van der Waals surface area contributed by atoms with E-state index in [9.17, 15) is 19.5 Å². The Kier molecular flexibility index (Phi) is 9.35. The molecule has 7 aromatic rings. The molecule has 0 radical (unpaired) electrons. The van der Waals surface area contributed by atoms with Crippen molar-refractivity contribution in [3.63, 3.8) is 0 Å². The van der Waals surface area contributed by atoms with Gasteiger partial charge in [0.2, 0.25) is 0 Å². The average Bonchev–Trinajstić information content (AvgIpc) is 3.47. The Morgan fingerprint density at radius 1 is 1.05 bits per heavy atom. The molecule has 13 heteroatoms. The Hall–Kier alpha value is -6.78. The maximum absolute atomic E-state index is 14.1. The first-order valence-electron chi connectivity index (χ1n) is 18.4. The summed E-state index contributed by atoms with van der Waals surface area (Å²) in [5, 5.41) is 24.9. The van der Waals surface area contributed by atoms with Crippen LogP contribution in [0.15, 0.2) is 103 Å². The summed E-state index contributed by atoms with van der Waals surface area (Å²) < 4.78 is 11.9. The second-order valence-corrected chi connectivity index (χ2v) is 14.4. The second-order valence-electron chi connectivity index (χ2n) is 14.4.